The Hall–Kier alpha value is -3.15. The predicted octanol–water partition coefficient (Wildman–Crippen LogP) is 4.69. The van der Waals surface area contributed by atoms with Gasteiger partial charge in [0.2, 0.25) is 0 Å². The highest BCUT2D eigenvalue weighted by Gasteiger charge is 2.40. The van der Waals surface area contributed by atoms with Crippen molar-refractivity contribution < 1.29 is 9.53 Å². The number of rotatable bonds is 7. The molecule has 3 aromatic rings. The molecule has 35 heavy (non-hydrogen) atoms. The van der Waals surface area contributed by atoms with Crippen LogP contribution in [0.2, 0.25) is 0 Å². The van der Waals surface area contributed by atoms with Gasteiger partial charge in [-0.25, -0.2) is 0 Å². The molecule has 0 bridgehead atoms. The highest BCUT2D eigenvalue weighted by Crippen LogP contribution is 2.38. The maximum atomic E-state index is 13.7. The van der Waals surface area contributed by atoms with Crippen molar-refractivity contribution in [1.82, 2.24) is 15.5 Å². The van der Waals surface area contributed by atoms with Gasteiger partial charge in [-0.3, -0.25) is 4.79 Å². The molecule has 0 saturated carbocycles. The minimum atomic E-state index is -0.120. The van der Waals surface area contributed by atoms with Crippen molar-refractivity contribution in [3.63, 3.8) is 0 Å². The monoisotopic (exact) mass is 469 g/mol. The van der Waals surface area contributed by atoms with Crippen LogP contribution >= 0.6 is 0 Å². The van der Waals surface area contributed by atoms with Gasteiger partial charge in [-0.2, -0.15) is 0 Å². The summed E-state index contributed by atoms with van der Waals surface area (Å²) >= 11 is 0. The van der Waals surface area contributed by atoms with Gasteiger partial charge in [-0.15, -0.1) is 0 Å². The molecule has 1 saturated heterocycles. The fraction of sp³-hybridized carbons (Fsp3) is 0.367. The summed E-state index contributed by atoms with van der Waals surface area (Å²) in [6.07, 6.45) is 3.62. The van der Waals surface area contributed by atoms with Crippen molar-refractivity contribution >= 4 is 5.91 Å². The molecule has 1 spiro atoms. The number of amides is 1. The summed E-state index contributed by atoms with van der Waals surface area (Å²) in [6, 6.07) is 26.7. The molecule has 2 N–H and O–H groups in total. The Morgan fingerprint density at radius 2 is 1.71 bits per heavy atom. The van der Waals surface area contributed by atoms with E-state index in [9.17, 15) is 4.79 Å². The minimum Gasteiger partial charge on any atom is -0.485 e. The van der Waals surface area contributed by atoms with Gasteiger partial charge in [0.05, 0.1) is 5.56 Å². The Kier molecular flexibility index (Phi) is 7.16. The highest BCUT2D eigenvalue weighted by atomic mass is 16.5. The van der Waals surface area contributed by atoms with Gasteiger partial charge in [0.15, 0.2) is 0 Å². The number of piperidine rings is 1. The van der Waals surface area contributed by atoms with E-state index in [1.807, 2.05) is 54.4 Å². The maximum Gasteiger partial charge on any atom is 0.257 e. The van der Waals surface area contributed by atoms with Crippen molar-refractivity contribution in [2.75, 3.05) is 33.2 Å². The first-order valence-corrected chi connectivity index (χ1v) is 12.8. The molecule has 2 heterocycles. The van der Waals surface area contributed by atoms with Gasteiger partial charge >= 0.3 is 0 Å². The molecule has 5 nitrogen and oxygen atoms in total. The molecule has 0 aliphatic carbocycles. The Bertz CT molecular complexity index is 1140. The molecule has 1 amide bonds. The number of ether oxygens (including phenoxy) is 1. The van der Waals surface area contributed by atoms with Crippen LogP contribution in [0.1, 0.15) is 52.4 Å². The fourth-order valence-electron chi connectivity index (χ4n) is 5.58. The van der Waals surface area contributed by atoms with Gasteiger partial charge in [0.1, 0.15) is 11.9 Å². The van der Waals surface area contributed by atoms with E-state index in [-0.39, 0.29) is 17.6 Å². The first-order valence-electron chi connectivity index (χ1n) is 12.8. The number of carbonyl (C=O) groups is 1. The van der Waals surface area contributed by atoms with Crippen molar-refractivity contribution in [3.05, 3.63) is 101 Å². The molecule has 2 aliphatic heterocycles. The Morgan fingerprint density at radius 3 is 2.51 bits per heavy atom. The zero-order valence-electron chi connectivity index (χ0n) is 20.5. The summed E-state index contributed by atoms with van der Waals surface area (Å²) in [7, 11) is 1.95. The van der Waals surface area contributed by atoms with Crippen LogP contribution < -0.4 is 15.4 Å². The average molecular weight is 470 g/mol. The van der Waals surface area contributed by atoms with Crippen LogP contribution in [0, 0.1) is 0 Å². The van der Waals surface area contributed by atoms with Gasteiger partial charge in [-0.05, 0) is 61.7 Å². The van der Waals surface area contributed by atoms with Crippen LogP contribution in [-0.4, -0.2) is 44.0 Å². The first-order chi connectivity index (χ1) is 17.2. The number of hydrogen-bond donors (Lipinski definition) is 2. The van der Waals surface area contributed by atoms with Gasteiger partial charge in [0.25, 0.3) is 5.91 Å². The van der Waals surface area contributed by atoms with Gasteiger partial charge in [-0.1, -0.05) is 66.7 Å². The van der Waals surface area contributed by atoms with E-state index in [0.29, 0.717) is 11.3 Å². The van der Waals surface area contributed by atoms with Gasteiger partial charge < -0.3 is 20.3 Å². The second-order valence-corrected chi connectivity index (χ2v) is 9.61. The lowest BCUT2D eigenvalue weighted by molar-refractivity contribution is 0.0623. The predicted molar refractivity (Wildman–Crippen MR) is 140 cm³/mol. The first kappa shape index (κ1) is 23.6. The van der Waals surface area contributed by atoms with E-state index in [0.717, 1.165) is 57.4 Å². The van der Waals surface area contributed by atoms with Crippen molar-refractivity contribution in [1.29, 1.82) is 0 Å². The lowest BCUT2D eigenvalue weighted by Crippen LogP contribution is -2.55. The standard InChI is InChI=1S/C30H35N3O2/c1-31-19-16-27(24-10-3-2-4-11-24)35-28-14-8-6-12-25(28)29(34)33-21-17-30(18-22-33)26-13-7-5-9-23(26)15-20-32-30/h2-14,27,31-32H,15-22H2,1H3. The second-order valence-electron chi connectivity index (χ2n) is 9.61. The van der Waals surface area contributed by atoms with Gasteiger partial charge in [0, 0.05) is 31.6 Å². The van der Waals surface area contributed by atoms with Crippen molar-refractivity contribution in [2.45, 2.75) is 37.3 Å². The number of carbonyl (C=O) groups excluding carboxylic acids is 1. The van der Waals surface area contributed by atoms with Crippen molar-refractivity contribution in [2.24, 2.45) is 0 Å². The number of nitrogens with one attached hydrogen (secondary N) is 2. The zero-order valence-corrected chi connectivity index (χ0v) is 20.5. The fourth-order valence-corrected chi connectivity index (χ4v) is 5.58. The maximum absolute atomic E-state index is 13.7. The molecule has 1 unspecified atom stereocenters. The summed E-state index contributed by atoms with van der Waals surface area (Å²) in [5, 5.41) is 7.01. The van der Waals surface area contributed by atoms with E-state index >= 15 is 0 Å². The Balaban J connectivity index is 1.33. The third-order valence-corrected chi connectivity index (χ3v) is 7.51. The molecule has 5 rings (SSSR count). The van der Waals surface area contributed by atoms with Crippen LogP contribution in [-0.2, 0) is 12.0 Å². The topological polar surface area (TPSA) is 53.6 Å². The highest BCUT2D eigenvalue weighted by molar-refractivity contribution is 5.97. The lowest BCUT2D eigenvalue weighted by atomic mass is 9.76. The molecule has 182 valence electrons. The number of hydrogen-bond acceptors (Lipinski definition) is 4. The third kappa shape index (κ3) is 4.97. The number of likely N-dealkylation sites (tertiary alicyclic amines) is 1. The minimum absolute atomic E-state index is 0.0206. The Morgan fingerprint density at radius 1 is 1.00 bits per heavy atom. The normalized spacial score (nSPS) is 17.6. The largest absolute Gasteiger partial charge is 0.485 e. The van der Waals surface area contributed by atoms with Crippen LogP contribution in [0.3, 0.4) is 0 Å². The molecular weight excluding hydrogens is 434 g/mol. The molecule has 3 aromatic carbocycles. The molecule has 5 heteroatoms. The summed E-state index contributed by atoms with van der Waals surface area (Å²) in [5.41, 5.74) is 4.60. The van der Waals surface area contributed by atoms with E-state index in [1.165, 1.54) is 11.1 Å². The Labute approximate surface area is 208 Å². The average Bonchev–Trinajstić information content (AvgIpc) is 2.92. The number of nitrogens with zero attached hydrogens (tertiary/aromatic N) is 1. The lowest BCUT2D eigenvalue weighted by Gasteiger charge is -2.46. The number of benzene rings is 3. The number of fused-ring (bicyclic) bond motifs is 2. The van der Waals surface area contributed by atoms with Crippen LogP contribution in [0.15, 0.2) is 78.9 Å². The van der Waals surface area contributed by atoms with E-state index in [2.05, 4.69) is 47.0 Å². The van der Waals surface area contributed by atoms with E-state index in [4.69, 9.17) is 4.74 Å². The summed E-state index contributed by atoms with van der Waals surface area (Å²) in [4.78, 5) is 15.7. The van der Waals surface area contributed by atoms with Crippen LogP contribution in [0.5, 0.6) is 5.75 Å². The summed E-state index contributed by atoms with van der Waals surface area (Å²) < 4.78 is 6.50. The summed E-state index contributed by atoms with van der Waals surface area (Å²) in [5.74, 6) is 0.712. The SMILES string of the molecule is CNCCC(Oc1ccccc1C(=O)N1CCC2(CC1)NCCc1ccccc12)c1ccccc1. The van der Waals surface area contributed by atoms with E-state index < -0.39 is 0 Å². The zero-order chi connectivity index (χ0) is 24.1. The molecule has 0 aromatic heterocycles. The molecule has 0 radical (unpaired) electrons. The molecule has 1 atom stereocenters. The molecule has 2 aliphatic rings. The third-order valence-electron chi connectivity index (χ3n) is 7.51. The summed E-state index contributed by atoms with van der Waals surface area (Å²) in [6.45, 7) is 3.29. The van der Waals surface area contributed by atoms with Crippen LogP contribution in [0.4, 0.5) is 0 Å². The molecule has 1 fully saturated rings. The van der Waals surface area contributed by atoms with Crippen LogP contribution in [0.25, 0.3) is 0 Å². The number of para-hydroxylation sites is 1. The molecular formula is C30H35N3O2. The van der Waals surface area contributed by atoms with Crippen molar-refractivity contribution in [3.8, 4) is 5.75 Å². The smallest absolute Gasteiger partial charge is 0.257 e. The second kappa shape index (κ2) is 10.6. The quantitative estimate of drug-likeness (QED) is 0.527. The van der Waals surface area contributed by atoms with E-state index in [1.54, 1.807) is 0 Å².